The van der Waals surface area contributed by atoms with Crippen molar-refractivity contribution in [3.8, 4) is 0 Å². The topological polar surface area (TPSA) is 66.8 Å². The number of hydroxylamine groups is 2. The molecule has 6 heteroatoms. The van der Waals surface area contributed by atoms with E-state index in [1.165, 1.54) is 51.4 Å². The van der Waals surface area contributed by atoms with Gasteiger partial charge in [0.2, 0.25) is 0 Å². The summed E-state index contributed by atoms with van der Waals surface area (Å²) in [6, 6.07) is -0.432. The number of alkyl halides is 1. The maximum Gasteiger partial charge on any atom is 0.149 e. The molecule has 1 heterocycles. The highest BCUT2D eigenvalue weighted by Gasteiger charge is 2.34. The lowest BCUT2D eigenvalue weighted by molar-refractivity contribution is -0.129. The number of rotatable bonds is 6. The molecule has 1 saturated heterocycles. The van der Waals surface area contributed by atoms with Crippen molar-refractivity contribution in [3.05, 3.63) is 5.21 Å². The van der Waals surface area contributed by atoms with Crippen LogP contribution >= 0.6 is 22.6 Å². The Bertz CT molecular complexity index is 456. The number of carbonyl (C=O) groups excluding carboxylic acids is 1. The second-order valence-electron chi connectivity index (χ2n) is 8.85. The zero-order chi connectivity index (χ0) is 18.5. The van der Waals surface area contributed by atoms with E-state index in [-0.39, 0.29) is 20.9 Å². The second kappa shape index (κ2) is 10.1. The van der Waals surface area contributed by atoms with Gasteiger partial charge in [-0.15, -0.1) is 0 Å². The minimum Gasteiger partial charge on any atom is -0.762 e. The fourth-order valence-corrected chi connectivity index (χ4v) is 6.29. The first kappa shape index (κ1) is 21.0. The molecule has 0 aromatic rings. The van der Waals surface area contributed by atoms with Gasteiger partial charge >= 0.3 is 0 Å². The average Bonchev–Trinajstić information content (AvgIpc) is 2.63. The van der Waals surface area contributed by atoms with Gasteiger partial charge in [-0.25, -0.2) is 0 Å². The molecule has 2 saturated carbocycles. The highest BCUT2D eigenvalue weighted by atomic mass is 127. The minimum absolute atomic E-state index is 0.0617. The molecular formula is C20H34IN2O3-. The number of carbonyl (C=O) groups is 1. The van der Waals surface area contributed by atoms with E-state index in [2.05, 4.69) is 27.5 Å². The Morgan fingerprint density at radius 1 is 1.08 bits per heavy atom. The summed E-state index contributed by atoms with van der Waals surface area (Å²) < 4.78 is 0.133. The molecule has 26 heavy (non-hydrogen) atoms. The van der Waals surface area contributed by atoms with Gasteiger partial charge in [-0.1, -0.05) is 54.7 Å². The maximum absolute atomic E-state index is 12.8. The van der Waals surface area contributed by atoms with E-state index in [1.54, 1.807) is 0 Å². The van der Waals surface area contributed by atoms with Crippen LogP contribution in [-0.4, -0.2) is 50.7 Å². The highest BCUT2D eigenvalue weighted by molar-refractivity contribution is 14.1. The normalized spacial score (nSPS) is 34.9. The molecule has 4 unspecified atom stereocenters. The predicted molar refractivity (Wildman–Crippen MR) is 111 cm³/mol. The third kappa shape index (κ3) is 5.87. The second-order valence-corrected chi connectivity index (χ2v) is 10.4. The van der Waals surface area contributed by atoms with Gasteiger partial charge in [0.05, 0.1) is 6.54 Å². The Morgan fingerprint density at radius 3 is 2.54 bits per heavy atom. The Balaban J connectivity index is 1.46. The van der Waals surface area contributed by atoms with Crippen molar-refractivity contribution in [1.29, 1.82) is 0 Å². The smallest absolute Gasteiger partial charge is 0.149 e. The molecule has 1 N–H and O–H groups in total. The quantitative estimate of drug-likeness (QED) is 0.349. The van der Waals surface area contributed by atoms with Gasteiger partial charge in [-0.05, 0) is 56.9 Å². The van der Waals surface area contributed by atoms with E-state index >= 15 is 0 Å². The SMILES string of the molecule is O=C(CN1CCCC(CC2CCCCC2)C1)C1CCC(I)C(N([O-])O)C1. The van der Waals surface area contributed by atoms with E-state index in [0.717, 1.165) is 37.8 Å². The molecule has 0 radical (unpaired) electrons. The summed E-state index contributed by atoms with van der Waals surface area (Å²) in [5.41, 5.74) is 0. The largest absolute Gasteiger partial charge is 0.762 e. The van der Waals surface area contributed by atoms with Gasteiger partial charge in [0.1, 0.15) is 5.78 Å². The minimum atomic E-state index is -0.432. The Kier molecular flexibility index (Phi) is 8.18. The van der Waals surface area contributed by atoms with Crippen LogP contribution in [0.25, 0.3) is 0 Å². The van der Waals surface area contributed by atoms with Crippen LogP contribution in [0.15, 0.2) is 0 Å². The maximum atomic E-state index is 12.8. The van der Waals surface area contributed by atoms with E-state index in [1.807, 2.05) is 0 Å². The molecule has 3 aliphatic rings. The molecule has 2 aliphatic carbocycles. The van der Waals surface area contributed by atoms with Crippen molar-refractivity contribution in [2.24, 2.45) is 17.8 Å². The molecule has 0 aromatic heterocycles. The fourth-order valence-electron chi connectivity index (χ4n) is 5.36. The van der Waals surface area contributed by atoms with Gasteiger partial charge in [0, 0.05) is 22.4 Å². The number of piperidine rings is 1. The molecule has 150 valence electrons. The van der Waals surface area contributed by atoms with Crippen LogP contribution < -0.4 is 0 Å². The Hall–Kier alpha value is 0.240. The molecule has 4 atom stereocenters. The van der Waals surface area contributed by atoms with Crippen LogP contribution in [0.5, 0.6) is 0 Å². The van der Waals surface area contributed by atoms with Gasteiger partial charge in [0.15, 0.2) is 0 Å². The molecule has 0 bridgehead atoms. The summed E-state index contributed by atoms with van der Waals surface area (Å²) in [5.74, 6) is 1.88. The van der Waals surface area contributed by atoms with Gasteiger partial charge < -0.3 is 10.4 Å². The summed E-state index contributed by atoms with van der Waals surface area (Å²) in [6.07, 6.45) is 13.1. The summed E-state index contributed by atoms with van der Waals surface area (Å²) >= 11 is 2.23. The molecule has 3 fully saturated rings. The predicted octanol–water partition coefficient (Wildman–Crippen LogP) is 4.40. The van der Waals surface area contributed by atoms with Crippen molar-refractivity contribution in [2.45, 2.75) is 80.6 Å². The average molecular weight is 477 g/mol. The number of nitrogens with zero attached hydrogens (tertiary/aromatic N) is 2. The van der Waals surface area contributed by atoms with Gasteiger partial charge in [0.25, 0.3) is 0 Å². The van der Waals surface area contributed by atoms with E-state index < -0.39 is 6.04 Å². The lowest BCUT2D eigenvalue weighted by atomic mass is 9.80. The summed E-state index contributed by atoms with van der Waals surface area (Å²) in [6.45, 7) is 2.64. The van der Waals surface area contributed by atoms with Crippen LogP contribution in [-0.2, 0) is 4.79 Å². The van der Waals surface area contributed by atoms with Crippen LogP contribution in [0.3, 0.4) is 0 Å². The van der Waals surface area contributed by atoms with Crippen LogP contribution in [0.1, 0.15) is 70.6 Å². The highest BCUT2D eigenvalue weighted by Crippen LogP contribution is 2.34. The molecule has 3 rings (SSSR count). The molecule has 0 aromatic carbocycles. The number of ketones is 1. The molecular weight excluding hydrogens is 443 g/mol. The zero-order valence-corrected chi connectivity index (χ0v) is 18.0. The number of halogens is 1. The number of likely N-dealkylation sites (tertiary alicyclic amines) is 1. The lowest BCUT2D eigenvalue weighted by Crippen LogP contribution is -2.45. The zero-order valence-electron chi connectivity index (χ0n) is 15.8. The first-order valence-electron chi connectivity index (χ1n) is 10.6. The Labute approximate surface area is 171 Å². The number of Topliss-reactive ketones (excluding diaryl/α,β-unsaturated/α-hetero) is 1. The Morgan fingerprint density at radius 2 is 1.81 bits per heavy atom. The standard InChI is InChI=1S/C20H34IN2O3/c21-18-9-8-17(12-19(18)23(25)26)20(24)14-22-10-4-7-16(13-22)11-15-5-2-1-3-6-15/h15-19,25H,1-14H2/q-1. The van der Waals surface area contributed by atoms with E-state index in [0.29, 0.717) is 13.0 Å². The monoisotopic (exact) mass is 477 g/mol. The summed E-state index contributed by atoms with van der Waals surface area (Å²) in [7, 11) is 0. The van der Waals surface area contributed by atoms with Crippen LogP contribution in [0.2, 0.25) is 0 Å². The first-order valence-corrected chi connectivity index (χ1v) is 11.8. The van der Waals surface area contributed by atoms with Crippen molar-refractivity contribution in [3.63, 3.8) is 0 Å². The summed E-state index contributed by atoms with van der Waals surface area (Å²) in [4.78, 5) is 15.2. The fraction of sp³-hybridized carbons (Fsp3) is 0.950. The van der Waals surface area contributed by atoms with Gasteiger partial charge in [-0.2, -0.15) is 0 Å². The number of hydrogen-bond acceptors (Lipinski definition) is 5. The van der Waals surface area contributed by atoms with Crippen molar-refractivity contribution >= 4 is 28.4 Å². The summed E-state index contributed by atoms with van der Waals surface area (Å²) in [5, 5.41) is 20.7. The lowest BCUT2D eigenvalue weighted by Gasteiger charge is -2.41. The molecule has 5 nitrogen and oxygen atoms in total. The van der Waals surface area contributed by atoms with Gasteiger partial charge in [-0.3, -0.25) is 14.9 Å². The van der Waals surface area contributed by atoms with Crippen LogP contribution in [0, 0.1) is 23.0 Å². The third-order valence-electron chi connectivity index (χ3n) is 6.85. The van der Waals surface area contributed by atoms with Crippen LogP contribution in [0.4, 0.5) is 0 Å². The third-order valence-corrected chi connectivity index (χ3v) is 8.30. The molecule has 1 aliphatic heterocycles. The van der Waals surface area contributed by atoms with Crippen molar-refractivity contribution in [2.75, 3.05) is 19.6 Å². The molecule has 0 amide bonds. The number of hydrogen-bond donors (Lipinski definition) is 1. The first-order chi connectivity index (χ1) is 12.5. The van der Waals surface area contributed by atoms with E-state index in [9.17, 15) is 15.2 Å². The van der Waals surface area contributed by atoms with Crippen molar-refractivity contribution < 1.29 is 10.0 Å². The van der Waals surface area contributed by atoms with Crippen molar-refractivity contribution in [1.82, 2.24) is 10.1 Å². The molecule has 0 spiro atoms. The van der Waals surface area contributed by atoms with E-state index in [4.69, 9.17) is 0 Å².